The third-order valence-electron chi connectivity index (χ3n) is 6.27. The molecule has 1 aliphatic rings. The van der Waals surface area contributed by atoms with Gasteiger partial charge in [-0.05, 0) is 17.7 Å². The van der Waals surface area contributed by atoms with E-state index in [0.717, 1.165) is 16.3 Å². The Morgan fingerprint density at radius 3 is 2.24 bits per heavy atom. The van der Waals surface area contributed by atoms with E-state index in [9.17, 15) is 9.59 Å². The van der Waals surface area contributed by atoms with Crippen LogP contribution in [0.25, 0.3) is 0 Å². The predicted molar refractivity (Wildman–Crippen MR) is 142 cm³/mol. The van der Waals surface area contributed by atoms with Crippen LogP contribution in [0.5, 0.6) is 17.2 Å². The lowest BCUT2D eigenvalue weighted by atomic mass is 9.72. The van der Waals surface area contributed by atoms with Gasteiger partial charge in [0.15, 0.2) is 0 Å². The molecular formula is C29H29BrO7. The van der Waals surface area contributed by atoms with Gasteiger partial charge in [-0.2, -0.15) is 0 Å². The first-order valence-electron chi connectivity index (χ1n) is 11.9. The molecule has 7 nitrogen and oxygen atoms in total. The fraction of sp³-hybridized carbons (Fsp3) is 0.310. The molecule has 0 aromatic heterocycles. The van der Waals surface area contributed by atoms with E-state index in [-0.39, 0.29) is 18.8 Å². The van der Waals surface area contributed by atoms with Gasteiger partial charge >= 0.3 is 0 Å². The maximum absolute atomic E-state index is 14.5. The van der Waals surface area contributed by atoms with Crippen LogP contribution < -0.4 is 14.2 Å². The third-order valence-corrected chi connectivity index (χ3v) is 6.80. The Kier molecular flexibility index (Phi) is 8.97. The van der Waals surface area contributed by atoms with E-state index < -0.39 is 11.5 Å². The summed E-state index contributed by atoms with van der Waals surface area (Å²) in [5.41, 5.74) is 0.273. The van der Waals surface area contributed by atoms with Crippen molar-refractivity contribution in [3.8, 4) is 17.2 Å². The monoisotopic (exact) mass is 568 g/mol. The molecule has 1 heterocycles. The lowest BCUT2D eigenvalue weighted by Crippen LogP contribution is -2.43. The topological polar surface area (TPSA) is 80.3 Å². The maximum Gasteiger partial charge on any atom is 0.219 e. The molecule has 2 unspecified atom stereocenters. The second kappa shape index (κ2) is 12.4. The summed E-state index contributed by atoms with van der Waals surface area (Å²) < 4.78 is 29.6. The van der Waals surface area contributed by atoms with Crippen LogP contribution in [0.15, 0.2) is 71.2 Å². The highest BCUT2D eigenvalue weighted by Gasteiger charge is 2.56. The third kappa shape index (κ3) is 5.56. The van der Waals surface area contributed by atoms with Crippen molar-refractivity contribution in [2.24, 2.45) is 0 Å². The summed E-state index contributed by atoms with van der Waals surface area (Å²) in [6.45, 7) is 1.29. The van der Waals surface area contributed by atoms with Gasteiger partial charge < -0.3 is 28.5 Å². The summed E-state index contributed by atoms with van der Waals surface area (Å²) in [5.74, 6) is 0.286. The standard InChI is InChI=1S/C29H29BrO7/c1-33-14-16-35-23-18-25(36-17-15-34-2)27-26(19-23)37-29(28(27)32,21-8-10-22(30)11-9-21)24(12-13-31)20-6-4-3-5-7-20/h3-11,13,18-19,24H,12,14-17H2,1-2H3. The van der Waals surface area contributed by atoms with Crippen molar-refractivity contribution in [3.63, 3.8) is 0 Å². The number of ketones is 1. The van der Waals surface area contributed by atoms with Gasteiger partial charge in [0.25, 0.3) is 0 Å². The minimum atomic E-state index is -1.49. The van der Waals surface area contributed by atoms with Crippen molar-refractivity contribution < 1.29 is 33.3 Å². The Morgan fingerprint density at radius 2 is 1.59 bits per heavy atom. The quantitative estimate of drug-likeness (QED) is 0.203. The van der Waals surface area contributed by atoms with Crippen LogP contribution in [-0.4, -0.2) is 52.7 Å². The zero-order chi connectivity index (χ0) is 26.3. The maximum atomic E-state index is 14.5. The van der Waals surface area contributed by atoms with Crippen molar-refractivity contribution in [1.82, 2.24) is 0 Å². The van der Waals surface area contributed by atoms with Crippen LogP contribution in [-0.2, 0) is 19.9 Å². The van der Waals surface area contributed by atoms with E-state index >= 15 is 0 Å². The molecule has 1 aliphatic heterocycles. The molecule has 194 valence electrons. The Morgan fingerprint density at radius 1 is 0.919 bits per heavy atom. The van der Waals surface area contributed by atoms with Crippen molar-refractivity contribution in [2.45, 2.75) is 17.9 Å². The van der Waals surface area contributed by atoms with Gasteiger partial charge in [-0.3, -0.25) is 4.79 Å². The largest absolute Gasteiger partial charge is 0.491 e. The van der Waals surface area contributed by atoms with Crippen molar-refractivity contribution in [2.75, 3.05) is 40.6 Å². The summed E-state index contributed by atoms with van der Waals surface area (Å²) in [4.78, 5) is 26.4. The Labute approximate surface area is 224 Å². The number of halogens is 1. The van der Waals surface area contributed by atoms with Gasteiger partial charge in [0.1, 0.15) is 42.3 Å². The molecule has 2 atom stereocenters. The second-order valence-corrected chi connectivity index (χ2v) is 9.43. The smallest absolute Gasteiger partial charge is 0.219 e. The van der Waals surface area contributed by atoms with Gasteiger partial charge in [-0.1, -0.05) is 58.4 Å². The van der Waals surface area contributed by atoms with Crippen molar-refractivity contribution >= 4 is 28.0 Å². The number of aldehydes is 1. The Hall–Kier alpha value is -3.20. The van der Waals surface area contributed by atoms with Crippen molar-refractivity contribution in [1.29, 1.82) is 0 Å². The number of methoxy groups -OCH3 is 2. The molecule has 0 aliphatic carbocycles. The number of hydrogen-bond acceptors (Lipinski definition) is 7. The SMILES string of the molecule is COCCOc1cc(OCCOC)c2c(c1)OC(c1ccc(Br)cc1)(C(CC=O)c1ccccc1)C2=O. The van der Waals surface area contributed by atoms with Crippen LogP contribution in [0, 0.1) is 0 Å². The molecule has 0 spiro atoms. The molecule has 0 saturated carbocycles. The van der Waals surface area contributed by atoms with E-state index in [1.165, 1.54) is 0 Å². The molecule has 0 radical (unpaired) electrons. The van der Waals surface area contributed by atoms with Crippen LogP contribution in [0.3, 0.4) is 0 Å². The first kappa shape index (κ1) is 26.9. The molecule has 0 N–H and O–H groups in total. The first-order valence-corrected chi connectivity index (χ1v) is 12.7. The first-order chi connectivity index (χ1) is 18.0. The highest BCUT2D eigenvalue weighted by Crippen LogP contribution is 2.54. The highest BCUT2D eigenvalue weighted by atomic mass is 79.9. The molecule has 3 aromatic carbocycles. The Balaban J connectivity index is 1.88. The number of Topliss-reactive ketones (excluding diaryl/α,β-unsaturated/α-hetero) is 1. The van der Waals surface area contributed by atoms with Gasteiger partial charge in [0.2, 0.25) is 11.4 Å². The number of ether oxygens (including phenoxy) is 5. The van der Waals surface area contributed by atoms with Gasteiger partial charge in [0, 0.05) is 48.7 Å². The summed E-state index contributed by atoms with van der Waals surface area (Å²) in [6.07, 6.45) is 0.907. The molecule has 37 heavy (non-hydrogen) atoms. The average Bonchev–Trinajstić information content (AvgIpc) is 3.21. The lowest BCUT2D eigenvalue weighted by Gasteiger charge is -2.35. The summed E-state index contributed by atoms with van der Waals surface area (Å²) >= 11 is 3.47. The fourth-order valence-corrected chi connectivity index (χ4v) is 4.85. The fourth-order valence-electron chi connectivity index (χ4n) is 4.59. The number of fused-ring (bicyclic) bond motifs is 1. The van der Waals surface area contributed by atoms with Gasteiger partial charge in [0.05, 0.1) is 13.2 Å². The minimum Gasteiger partial charge on any atom is -0.491 e. The number of rotatable bonds is 13. The normalized spacial score (nSPS) is 17.1. The molecule has 3 aromatic rings. The van der Waals surface area contributed by atoms with Gasteiger partial charge in [-0.25, -0.2) is 0 Å². The van der Waals surface area contributed by atoms with Gasteiger partial charge in [-0.15, -0.1) is 0 Å². The molecule has 0 bridgehead atoms. The second-order valence-electron chi connectivity index (χ2n) is 8.52. The highest BCUT2D eigenvalue weighted by molar-refractivity contribution is 9.10. The number of benzene rings is 3. The van der Waals surface area contributed by atoms with E-state index in [2.05, 4.69) is 15.9 Å². The van der Waals surface area contributed by atoms with Crippen LogP contribution in [0.4, 0.5) is 0 Å². The Bertz CT molecular complexity index is 1210. The van der Waals surface area contributed by atoms with Crippen LogP contribution >= 0.6 is 15.9 Å². The predicted octanol–water partition coefficient (Wildman–Crippen LogP) is 5.34. The number of carbonyl (C=O) groups excluding carboxylic acids is 2. The minimum absolute atomic E-state index is 0.0802. The number of carbonyl (C=O) groups is 2. The molecule has 8 heteroatoms. The molecule has 4 rings (SSSR count). The zero-order valence-corrected chi connectivity index (χ0v) is 22.4. The van der Waals surface area contributed by atoms with Crippen LogP contribution in [0.2, 0.25) is 0 Å². The summed E-state index contributed by atoms with van der Waals surface area (Å²) in [7, 11) is 3.17. The molecule has 0 saturated heterocycles. The van der Waals surface area contributed by atoms with E-state index in [0.29, 0.717) is 48.2 Å². The van der Waals surface area contributed by atoms with E-state index in [4.69, 9.17) is 23.7 Å². The summed E-state index contributed by atoms with van der Waals surface area (Å²) in [5, 5.41) is 0. The number of hydrogen-bond donors (Lipinski definition) is 0. The molecule has 0 fully saturated rings. The molecular weight excluding hydrogens is 540 g/mol. The van der Waals surface area contributed by atoms with E-state index in [1.54, 1.807) is 26.4 Å². The molecule has 0 amide bonds. The summed E-state index contributed by atoms with van der Waals surface area (Å²) in [6, 6.07) is 20.2. The average molecular weight is 569 g/mol. The van der Waals surface area contributed by atoms with Crippen LogP contribution in [0.1, 0.15) is 33.8 Å². The lowest BCUT2D eigenvalue weighted by molar-refractivity contribution is -0.109. The van der Waals surface area contributed by atoms with Crippen molar-refractivity contribution in [3.05, 3.63) is 87.9 Å². The van der Waals surface area contributed by atoms with E-state index in [1.807, 2.05) is 54.6 Å². The zero-order valence-electron chi connectivity index (χ0n) is 20.8.